The van der Waals surface area contributed by atoms with Crippen LogP contribution in [0, 0.1) is 0 Å². The summed E-state index contributed by atoms with van der Waals surface area (Å²) < 4.78 is 10.8. The van der Waals surface area contributed by atoms with Gasteiger partial charge in [0.15, 0.2) is 0 Å². The minimum absolute atomic E-state index is 0. The largest absolute Gasteiger partial charge is 0.497 e. The van der Waals surface area contributed by atoms with Gasteiger partial charge in [0.1, 0.15) is 11.5 Å². The van der Waals surface area contributed by atoms with E-state index in [0.29, 0.717) is 0 Å². The van der Waals surface area contributed by atoms with E-state index in [0.717, 1.165) is 110 Å². The highest BCUT2D eigenvalue weighted by Gasteiger charge is 2.16. The fourth-order valence-corrected chi connectivity index (χ4v) is 5.10. The Hall–Kier alpha value is -2.46. The van der Waals surface area contributed by atoms with E-state index in [1.54, 1.807) is 14.2 Å². The third kappa shape index (κ3) is 9.79. The number of nitrogens with one attached hydrogen (secondary N) is 2. The Labute approximate surface area is 273 Å². The monoisotopic (exact) mass is 658 g/mol. The van der Waals surface area contributed by atoms with Gasteiger partial charge in [0, 0.05) is 73.8 Å². The summed E-state index contributed by atoms with van der Waals surface area (Å²) in [4.78, 5) is 14.1. The summed E-state index contributed by atoms with van der Waals surface area (Å²) in [5.41, 5.74) is 4.20. The van der Waals surface area contributed by atoms with Crippen LogP contribution in [0.25, 0.3) is 21.8 Å². The highest BCUT2D eigenvalue weighted by molar-refractivity contribution is 5.92. The number of benzene rings is 2. The Kier molecular flexibility index (Phi) is 16.9. The second kappa shape index (κ2) is 18.9. The fraction of sp³-hybridized carbons (Fsp3) is 0.400. The number of methoxy groups -OCH3 is 2. The summed E-state index contributed by atoms with van der Waals surface area (Å²) in [5, 5.41) is 9.41. The van der Waals surface area contributed by atoms with Crippen LogP contribution in [-0.4, -0.2) is 86.3 Å². The number of pyridine rings is 2. The number of halogens is 4. The highest BCUT2D eigenvalue weighted by Crippen LogP contribution is 2.27. The maximum atomic E-state index is 5.39. The molecule has 232 valence electrons. The van der Waals surface area contributed by atoms with Gasteiger partial charge in [-0.3, -0.25) is 9.97 Å². The first-order valence-electron chi connectivity index (χ1n) is 13.5. The number of hydrogen-bond acceptors (Lipinski definition) is 8. The van der Waals surface area contributed by atoms with E-state index in [1.165, 1.54) is 0 Å². The maximum Gasteiger partial charge on any atom is 0.119 e. The number of aromatic nitrogens is 2. The van der Waals surface area contributed by atoms with Gasteiger partial charge in [-0.1, -0.05) is 0 Å². The SMILES string of the molecule is COc1ccc2nccc(NCCCN3CCN(CCCNc4ccnc5ccc(OC)cc45)CC3)c2c1.Cl.Cl.Cl.Cl. The van der Waals surface area contributed by atoms with E-state index in [1.807, 2.05) is 48.8 Å². The third-order valence-corrected chi connectivity index (χ3v) is 7.30. The summed E-state index contributed by atoms with van der Waals surface area (Å²) in [6.07, 6.45) is 5.95. The first-order valence-corrected chi connectivity index (χ1v) is 13.5. The first kappa shape index (κ1) is 37.6. The average Bonchev–Trinajstić information content (AvgIpc) is 2.97. The average molecular weight is 661 g/mol. The summed E-state index contributed by atoms with van der Waals surface area (Å²) >= 11 is 0. The van der Waals surface area contributed by atoms with Crippen molar-refractivity contribution >= 4 is 82.8 Å². The minimum Gasteiger partial charge on any atom is -0.497 e. The van der Waals surface area contributed by atoms with Crippen molar-refractivity contribution in [3.05, 3.63) is 60.9 Å². The molecule has 8 nitrogen and oxygen atoms in total. The van der Waals surface area contributed by atoms with E-state index < -0.39 is 0 Å². The second-order valence-corrected chi connectivity index (χ2v) is 9.73. The molecular formula is C30H42Cl4N6O2. The molecule has 0 saturated carbocycles. The Bertz CT molecular complexity index is 1250. The zero-order valence-corrected chi connectivity index (χ0v) is 27.3. The maximum absolute atomic E-state index is 5.39. The molecule has 3 heterocycles. The zero-order chi connectivity index (χ0) is 26.2. The van der Waals surface area contributed by atoms with Gasteiger partial charge in [-0.05, 0) is 74.5 Å². The number of anilines is 2. The van der Waals surface area contributed by atoms with Crippen molar-refractivity contribution < 1.29 is 9.47 Å². The van der Waals surface area contributed by atoms with Crippen molar-refractivity contribution in [2.75, 3.05) is 77.2 Å². The van der Waals surface area contributed by atoms with Gasteiger partial charge in [-0.25, -0.2) is 0 Å². The molecule has 2 aromatic heterocycles. The Morgan fingerprint density at radius 3 is 1.40 bits per heavy atom. The summed E-state index contributed by atoms with van der Waals surface area (Å²) in [6, 6.07) is 16.1. The molecule has 0 spiro atoms. The molecule has 1 saturated heterocycles. The molecule has 5 rings (SSSR count). The number of rotatable bonds is 12. The van der Waals surface area contributed by atoms with Crippen LogP contribution in [0.15, 0.2) is 60.9 Å². The zero-order valence-electron chi connectivity index (χ0n) is 24.1. The molecule has 0 atom stereocenters. The van der Waals surface area contributed by atoms with E-state index >= 15 is 0 Å². The van der Waals surface area contributed by atoms with Gasteiger partial charge >= 0.3 is 0 Å². The summed E-state index contributed by atoms with van der Waals surface area (Å²) in [5.74, 6) is 1.71. The lowest BCUT2D eigenvalue weighted by Crippen LogP contribution is -2.47. The molecule has 1 aliphatic heterocycles. The van der Waals surface area contributed by atoms with Crippen molar-refractivity contribution in [1.29, 1.82) is 0 Å². The smallest absolute Gasteiger partial charge is 0.119 e. The molecule has 2 aromatic carbocycles. The first-order chi connectivity index (χ1) is 18.7. The fourth-order valence-electron chi connectivity index (χ4n) is 5.10. The van der Waals surface area contributed by atoms with Crippen LogP contribution in [0.3, 0.4) is 0 Å². The lowest BCUT2D eigenvalue weighted by molar-refractivity contribution is 0.132. The minimum atomic E-state index is 0. The molecule has 0 unspecified atom stereocenters. The standard InChI is InChI=1S/C30H38N6O2.4ClH/c1-37-23-5-7-27-25(21-23)29(9-13-33-27)31-11-3-15-35-17-19-36(20-18-35)16-4-12-32-30-10-14-34-28-8-6-24(38-2)22-26(28)30;;;;/h5-10,13-14,21-22H,3-4,11-12,15-20H2,1-2H3,(H,31,33)(H,32,34);4*1H. The van der Waals surface area contributed by atoms with E-state index in [4.69, 9.17) is 9.47 Å². The van der Waals surface area contributed by atoms with E-state index in [9.17, 15) is 0 Å². The number of ether oxygens (including phenoxy) is 2. The van der Waals surface area contributed by atoms with Crippen molar-refractivity contribution in [2.24, 2.45) is 0 Å². The third-order valence-electron chi connectivity index (χ3n) is 7.30. The quantitative estimate of drug-likeness (QED) is 0.169. The molecule has 0 aliphatic carbocycles. The van der Waals surface area contributed by atoms with Crippen LogP contribution in [0.4, 0.5) is 11.4 Å². The van der Waals surface area contributed by atoms with Crippen LogP contribution in [0.5, 0.6) is 11.5 Å². The van der Waals surface area contributed by atoms with Gasteiger partial charge in [0.25, 0.3) is 0 Å². The lowest BCUT2D eigenvalue weighted by Gasteiger charge is -2.34. The second-order valence-electron chi connectivity index (χ2n) is 9.73. The molecule has 0 amide bonds. The Morgan fingerprint density at radius 1 is 0.619 bits per heavy atom. The molecule has 4 aromatic rings. The predicted molar refractivity (Wildman–Crippen MR) is 185 cm³/mol. The topological polar surface area (TPSA) is 74.8 Å². The van der Waals surface area contributed by atoms with Crippen LogP contribution >= 0.6 is 49.6 Å². The lowest BCUT2D eigenvalue weighted by atomic mass is 10.1. The molecule has 1 fully saturated rings. The van der Waals surface area contributed by atoms with Gasteiger partial charge in [-0.2, -0.15) is 0 Å². The van der Waals surface area contributed by atoms with Crippen LogP contribution in [0.2, 0.25) is 0 Å². The molecule has 1 aliphatic rings. The van der Waals surface area contributed by atoms with Crippen molar-refractivity contribution in [3.8, 4) is 11.5 Å². The van der Waals surface area contributed by atoms with Gasteiger partial charge < -0.3 is 29.9 Å². The van der Waals surface area contributed by atoms with Crippen LogP contribution in [-0.2, 0) is 0 Å². The highest BCUT2D eigenvalue weighted by atomic mass is 35.5. The molecular weight excluding hydrogens is 618 g/mol. The molecule has 0 radical (unpaired) electrons. The molecule has 2 N–H and O–H groups in total. The van der Waals surface area contributed by atoms with Crippen molar-refractivity contribution in [2.45, 2.75) is 12.8 Å². The summed E-state index contributed by atoms with van der Waals surface area (Å²) in [7, 11) is 3.40. The van der Waals surface area contributed by atoms with Crippen LogP contribution in [0.1, 0.15) is 12.8 Å². The Morgan fingerprint density at radius 2 is 1.02 bits per heavy atom. The number of nitrogens with zero attached hydrogens (tertiary/aromatic N) is 4. The van der Waals surface area contributed by atoms with Gasteiger partial charge in [0.05, 0.1) is 25.3 Å². The number of piperazine rings is 1. The van der Waals surface area contributed by atoms with E-state index in [-0.39, 0.29) is 49.6 Å². The molecule has 42 heavy (non-hydrogen) atoms. The van der Waals surface area contributed by atoms with E-state index in [2.05, 4.69) is 42.5 Å². The van der Waals surface area contributed by atoms with Crippen molar-refractivity contribution in [1.82, 2.24) is 19.8 Å². The molecule has 0 bridgehead atoms. The van der Waals surface area contributed by atoms with Crippen molar-refractivity contribution in [3.63, 3.8) is 0 Å². The van der Waals surface area contributed by atoms with Crippen LogP contribution < -0.4 is 20.1 Å². The normalized spacial score (nSPS) is 13.2. The summed E-state index contributed by atoms with van der Waals surface area (Å²) in [6.45, 7) is 8.67. The number of fused-ring (bicyclic) bond motifs is 2. The van der Waals surface area contributed by atoms with Gasteiger partial charge in [0.2, 0.25) is 0 Å². The molecule has 12 heteroatoms. The predicted octanol–water partition coefficient (Wildman–Crippen LogP) is 6.41. The van der Waals surface area contributed by atoms with Gasteiger partial charge in [-0.15, -0.1) is 49.6 Å². The number of hydrogen-bond donors (Lipinski definition) is 2. The Balaban J connectivity index is 0.00000220.